The first-order valence-electron chi connectivity index (χ1n) is 5.50. The smallest absolute Gasteiger partial charge is 0.130 e. The van der Waals surface area contributed by atoms with Crippen molar-refractivity contribution in [2.24, 2.45) is 5.73 Å². The predicted molar refractivity (Wildman–Crippen MR) is 58.9 cm³/mol. The minimum absolute atomic E-state index is 0.159. The molecular weight excluding hydrogens is 210 g/mol. The van der Waals surface area contributed by atoms with E-state index in [0.717, 1.165) is 18.9 Å². The summed E-state index contributed by atoms with van der Waals surface area (Å²) in [5, 5.41) is 0. The van der Waals surface area contributed by atoms with Crippen LogP contribution in [0.5, 0.6) is 0 Å². The third-order valence-corrected chi connectivity index (χ3v) is 3.16. The summed E-state index contributed by atoms with van der Waals surface area (Å²) in [6.45, 7) is 0.343. The van der Waals surface area contributed by atoms with E-state index < -0.39 is 11.6 Å². The molecule has 2 rings (SSSR count). The number of nitrogens with two attached hydrogens (primary N) is 1. The summed E-state index contributed by atoms with van der Waals surface area (Å²) in [6, 6.07) is 4.02. The quantitative estimate of drug-likeness (QED) is 0.851. The maximum absolute atomic E-state index is 13.6. The van der Waals surface area contributed by atoms with Crippen molar-refractivity contribution in [2.45, 2.75) is 24.9 Å². The maximum atomic E-state index is 13.6. The monoisotopic (exact) mass is 226 g/mol. The second-order valence-corrected chi connectivity index (χ2v) is 4.31. The van der Waals surface area contributed by atoms with Gasteiger partial charge in [0.05, 0.1) is 0 Å². The molecular formula is C12H16F2N2. The van der Waals surface area contributed by atoms with Gasteiger partial charge in [-0.25, -0.2) is 8.78 Å². The summed E-state index contributed by atoms with van der Waals surface area (Å²) < 4.78 is 26.4. The number of rotatable bonds is 4. The van der Waals surface area contributed by atoms with Crippen molar-refractivity contribution in [3.8, 4) is 0 Å². The fourth-order valence-corrected chi connectivity index (χ4v) is 2.02. The van der Waals surface area contributed by atoms with Crippen LogP contribution in [0.1, 0.15) is 24.4 Å². The lowest BCUT2D eigenvalue weighted by Gasteiger charge is -2.27. The Morgan fingerprint density at radius 2 is 2.12 bits per heavy atom. The lowest BCUT2D eigenvalue weighted by atomic mass is 10.0. The van der Waals surface area contributed by atoms with E-state index >= 15 is 0 Å². The Kier molecular flexibility index (Phi) is 3.21. The van der Waals surface area contributed by atoms with E-state index in [-0.39, 0.29) is 6.04 Å². The molecule has 4 heteroatoms. The molecule has 0 aliphatic heterocycles. The van der Waals surface area contributed by atoms with Crippen LogP contribution in [0, 0.1) is 11.6 Å². The lowest BCUT2D eigenvalue weighted by molar-refractivity contribution is 0.235. The highest BCUT2D eigenvalue weighted by Crippen LogP contribution is 2.33. The normalized spacial score (nSPS) is 17.8. The van der Waals surface area contributed by atoms with Crippen LogP contribution in [-0.4, -0.2) is 24.5 Å². The van der Waals surface area contributed by atoms with Gasteiger partial charge in [-0.2, -0.15) is 0 Å². The third-order valence-electron chi connectivity index (χ3n) is 3.16. The maximum Gasteiger partial charge on any atom is 0.130 e. The molecule has 1 atom stereocenters. The van der Waals surface area contributed by atoms with Gasteiger partial charge in [0.2, 0.25) is 0 Å². The van der Waals surface area contributed by atoms with Crippen LogP contribution in [0.4, 0.5) is 8.78 Å². The number of benzene rings is 1. The summed E-state index contributed by atoms with van der Waals surface area (Å²) in [6.07, 6.45) is 2.27. The molecule has 0 spiro atoms. The van der Waals surface area contributed by atoms with Gasteiger partial charge in [-0.15, -0.1) is 0 Å². The molecule has 0 radical (unpaired) electrons. The fourth-order valence-electron chi connectivity index (χ4n) is 2.02. The summed E-state index contributed by atoms with van der Waals surface area (Å²) in [5.41, 5.74) is 6.16. The van der Waals surface area contributed by atoms with Crippen molar-refractivity contribution in [3.63, 3.8) is 0 Å². The second kappa shape index (κ2) is 4.47. The number of likely N-dealkylation sites (N-methyl/N-ethyl adjacent to an activating group) is 1. The van der Waals surface area contributed by atoms with Crippen LogP contribution in [-0.2, 0) is 0 Å². The molecule has 0 heterocycles. The van der Waals surface area contributed by atoms with Crippen molar-refractivity contribution >= 4 is 0 Å². The van der Waals surface area contributed by atoms with Gasteiger partial charge in [-0.05, 0) is 26.0 Å². The van der Waals surface area contributed by atoms with E-state index in [9.17, 15) is 8.78 Å². The molecule has 16 heavy (non-hydrogen) atoms. The highest BCUT2D eigenvalue weighted by molar-refractivity contribution is 5.23. The van der Waals surface area contributed by atoms with Crippen LogP contribution in [0.2, 0.25) is 0 Å². The van der Waals surface area contributed by atoms with E-state index in [1.54, 1.807) is 0 Å². The molecule has 0 bridgehead atoms. The fraction of sp³-hybridized carbons (Fsp3) is 0.500. The molecule has 2 nitrogen and oxygen atoms in total. The summed E-state index contributed by atoms with van der Waals surface area (Å²) in [7, 11) is 1.94. The molecule has 2 N–H and O–H groups in total. The second-order valence-electron chi connectivity index (χ2n) is 4.31. The first-order valence-corrected chi connectivity index (χ1v) is 5.50. The minimum Gasteiger partial charge on any atom is -0.329 e. The standard InChI is InChI=1S/C12H16F2N2/c1-16(9-3-4-9)12(7-15)10-5-2-8(13)6-11(10)14/h2,5-6,9,12H,3-4,7,15H2,1H3. The van der Waals surface area contributed by atoms with E-state index in [1.165, 1.54) is 12.1 Å². The highest BCUT2D eigenvalue weighted by atomic mass is 19.1. The van der Waals surface area contributed by atoms with E-state index in [1.807, 2.05) is 7.05 Å². The molecule has 0 amide bonds. The number of hydrogen-bond donors (Lipinski definition) is 1. The van der Waals surface area contributed by atoms with Crippen molar-refractivity contribution in [3.05, 3.63) is 35.4 Å². The molecule has 1 saturated carbocycles. The highest BCUT2D eigenvalue weighted by Gasteiger charge is 2.32. The molecule has 1 aliphatic rings. The van der Waals surface area contributed by atoms with Gasteiger partial charge in [0.25, 0.3) is 0 Å². The van der Waals surface area contributed by atoms with Crippen molar-refractivity contribution in [1.82, 2.24) is 4.90 Å². The first kappa shape index (κ1) is 11.5. The van der Waals surface area contributed by atoms with Gasteiger partial charge in [0.15, 0.2) is 0 Å². The van der Waals surface area contributed by atoms with Gasteiger partial charge < -0.3 is 5.73 Å². The van der Waals surface area contributed by atoms with E-state index in [2.05, 4.69) is 4.90 Å². The van der Waals surface area contributed by atoms with Gasteiger partial charge in [0.1, 0.15) is 11.6 Å². The molecule has 1 aromatic rings. The Bertz CT molecular complexity index is 377. The van der Waals surface area contributed by atoms with Crippen LogP contribution in [0.3, 0.4) is 0 Å². The Hall–Kier alpha value is -1.00. The topological polar surface area (TPSA) is 29.3 Å². The van der Waals surface area contributed by atoms with Crippen LogP contribution in [0.25, 0.3) is 0 Å². The number of halogens is 2. The summed E-state index contributed by atoms with van der Waals surface area (Å²) >= 11 is 0. The Morgan fingerprint density at radius 1 is 1.44 bits per heavy atom. The largest absolute Gasteiger partial charge is 0.329 e. The average molecular weight is 226 g/mol. The third kappa shape index (κ3) is 2.23. The first-order chi connectivity index (χ1) is 7.63. The Morgan fingerprint density at radius 3 is 2.62 bits per heavy atom. The average Bonchev–Trinajstić information content (AvgIpc) is 3.05. The predicted octanol–water partition coefficient (Wildman–Crippen LogP) is 2.06. The van der Waals surface area contributed by atoms with Crippen LogP contribution >= 0.6 is 0 Å². The minimum atomic E-state index is -0.550. The molecule has 1 aromatic carbocycles. The lowest BCUT2D eigenvalue weighted by Crippen LogP contribution is -2.32. The summed E-state index contributed by atoms with van der Waals surface area (Å²) in [5.74, 6) is -1.06. The van der Waals surface area contributed by atoms with E-state index in [4.69, 9.17) is 5.73 Å². The zero-order chi connectivity index (χ0) is 11.7. The van der Waals surface area contributed by atoms with E-state index in [0.29, 0.717) is 18.2 Å². The van der Waals surface area contributed by atoms with Crippen molar-refractivity contribution in [1.29, 1.82) is 0 Å². The molecule has 1 fully saturated rings. The van der Waals surface area contributed by atoms with Crippen molar-refractivity contribution < 1.29 is 8.78 Å². The van der Waals surface area contributed by atoms with Gasteiger partial charge in [-0.3, -0.25) is 4.90 Å². The Balaban J connectivity index is 2.24. The SMILES string of the molecule is CN(C1CC1)C(CN)c1ccc(F)cc1F. The van der Waals surface area contributed by atoms with Crippen LogP contribution in [0.15, 0.2) is 18.2 Å². The van der Waals surface area contributed by atoms with Gasteiger partial charge in [-0.1, -0.05) is 6.07 Å². The molecule has 0 saturated heterocycles. The summed E-state index contributed by atoms with van der Waals surface area (Å²) in [4.78, 5) is 2.08. The van der Waals surface area contributed by atoms with Crippen LogP contribution < -0.4 is 5.73 Å². The van der Waals surface area contributed by atoms with Crippen molar-refractivity contribution in [2.75, 3.05) is 13.6 Å². The zero-order valence-electron chi connectivity index (χ0n) is 9.29. The molecule has 0 aromatic heterocycles. The zero-order valence-corrected chi connectivity index (χ0v) is 9.29. The molecule has 88 valence electrons. The molecule has 1 unspecified atom stereocenters. The van der Waals surface area contributed by atoms with Gasteiger partial charge >= 0.3 is 0 Å². The number of nitrogens with zero attached hydrogens (tertiary/aromatic N) is 1. The van der Waals surface area contributed by atoms with Gasteiger partial charge in [0, 0.05) is 30.3 Å². The molecule has 1 aliphatic carbocycles. The Labute approximate surface area is 94.0 Å². The number of hydrogen-bond acceptors (Lipinski definition) is 2.